The van der Waals surface area contributed by atoms with Crippen LogP contribution in [-0.2, 0) is 17.6 Å². The van der Waals surface area contributed by atoms with Crippen LogP contribution in [0.15, 0.2) is 30.5 Å². The number of rotatable bonds is 2. The SMILES string of the molecule is COC(=O)c1cc2c(C)c3c(nc2[nH]1)CCC(c1ccccn1)C3.Cl. The number of H-pyrrole nitrogens is 1. The molecule has 3 heterocycles. The number of methoxy groups -OCH3 is 1. The Morgan fingerprint density at radius 2 is 2.20 bits per heavy atom. The van der Waals surface area contributed by atoms with E-state index in [0.717, 1.165) is 41.7 Å². The Balaban J connectivity index is 0.00000182. The molecule has 3 aromatic heterocycles. The number of carbonyl (C=O) groups is 1. The van der Waals surface area contributed by atoms with E-state index in [1.165, 1.54) is 18.2 Å². The van der Waals surface area contributed by atoms with Crippen molar-refractivity contribution in [2.75, 3.05) is 7.11 Å². The van der Waals surface area contributed by atoms with Gasteiger partial charge in [-0.05, 0) is 55.5 Å². The summed E-state index contributed by atoms with van der Waals surface area (Å²) in [5, 5.41) is 0.996. The standard InChI is InChI=1S/C19H19N3O2.ClH/c1-11-13-9-12(15-5-3-4-8-20-15)6-7-16(13)21-18-14(11)10-17(22-18)19(23)24-2;/h3-5,8,10,12H,6-7,9H2,1-2H3,(H,21,22);1H. The van der Waals surface area contributed by atoms with Crippen molar-refractivity contribution in [3.63, 3.8) is 0 Å². The van der Waals surface area contributed by atoms with Crippen molar-refractivity contribution in [3.8, 4) is 0 Å². The van der Waals surface area contributed by atoms with Gasteiger partial charge in [0.2, 0.25) is 0 Å². The van der Waals surface area contributed by atoms with Gasteiger partial charge in [-0.2, -0.15) is 0 Å². The molecule has 0 spiro atoms. The lowest BCUT2D eigenvalue weighted by Crippen LogP contribution is -2.16. The largest absolute Gasteiger partial charge is 0.464 e. The Hall–Kier alpha value is -2.40. The summed E-state index contributed by atoms with van der Waals surface area (Å²) in [6.45, 7) is 2.11. The minimum Gasteiger partial charge on any atom is -0.464 e. The zero-order valence-electron chi connectivity index (χ0n) is 14.2. The highest BCUT2D eigenvalue weighted by molar-refractivity contribution is 5.95. The molecular formula is C19H20ClN3O2. The number of pyridine rings is 2. The number of nitrogens with zero attached hydrogens (tertiary/aromatic N) is 2. The van der Waals surface area contributed by atoms with E-state index < -0.39 is 0 Å². The van der Waals surface area contributed by atoms with Crippen LogP contribution in [0.3, 0.4) is 0 Å². The third-order valence-electron chi connectivity index (χ3n) is 4.94. The van der Waals surface area contributed by atoms with Gasteiger partial charge >= 0.3 is 5.97 Å². The Bertz CT molecular complexity index is 921. The van der Waals surface area contributed by atoms with E-state index >= 15 is 0 Å². The number of fused-ring (bicyclic) bond motifs is 2. The number of aromatic amines is 1. The van der Waals surface area contributed by atoms with Gasteiger partial charge in [-0.3, -0.25) is 4.98 Å². The van der Waals surface area contributed by atoms with Crippen molar-refractivity contribution in [2.24, 2.45) is 0 Å². The van der Waals surface area contributed by atoms with Crippen molar-refractivity contribution in [2.45, 2.75) is 32.1 Å². The molecule has 6 heteroatoms. The monoisotopic (exact) mass is 357 g/mol. The Morgan fingerprint density at radius 3 is 2.92 bits per heavy atom. The van der Waals surface area contributed by atoms with Gasteiger partial charge in [0.1, 0.15) is 11.3 Å². The summed E-state index contributed by atoms with van der Waals surface area (Å²) in [7, 11) is 1.39. The van der Waals surface area contributed by atoms with Crippen LogP contribution in [0.5, 0.6) is 0 Å². The molecule has 0 amide bonds. The molecule has 0 aliphatic heterocycles. The normalized spacial score (nSPS) is 16.2. The smallest absolute Gasteiger partial charge is 0.354 e. The van der Waals surface area contributed by atoms with Crippen LogP contribution in [0.25, 0.3) is 11.0 Å². The van der Waals surface area contributed by atoms with Crippen molar-refractivity contribution < 1.29 is 9.53 Å². The number of hydrogen-bond donors (Lipinski definition) is 1. The Kier molecular flexibility index (Phi) is 4.77. The molecule has 3 aromatic rings. The van der Waals surface area contributed by atoms with Gasteiger partial charge in [-0.15, -0.1) is 12.4 Å². The number of aryl methyl sites for hydroxylation is 2. The minimum atomic E-state index is -0.364. The Morgan fingerprint density at radius 1 is 1.36 bits per heavy atom. The molecule has 130 valence electrons. The van der Waals surface area contributed by atoms with E-state index in [1.54, 1.807) is 0 Å². The molecule has 0 radical (unpaired) electrons. The van der Waals surface area contributed by atoms with Crippen LogP contribution in [0.1, 0.15) is 45.3 Å². The van der Waals surface area contributed by atoms with Gasteiger partial charge in [0, 0.05) is 28.9 Å². The predicted molar refractivity (Wildman–Crippen MR) is 98.4 cm³/mol. The van der Waals surface area contributed by atoms with E-state index in [2.05, 4.69) is 23.0 Å². The highest BCUT2D eigenvalue weighted by atomic mass is 35.5. The van der Waals surface area contributed by atoms with Crippen LogP contribution < -0.4 is 0 Å². The second-order valence-electron chi connectivity index (χ2n) is 6.29. The summed E-state index contributed by atoms with van der Waals surface area (Å²) >= 11 is 0. The van der Waals surface area contributed by atoms with E-state index in [1.807, 2.05) is 24.4 Å². The van der Waals surface area contributed by atoms with Gasteiger partial charge in [0.25, 0.3) is 0 Å². The number of carbonyl (C=O) groups excluding carboxylic acids is 1. The predicted octanol–water partition coefficient (Wildman–Crippen LogP) is 3.75. The van der Waals surface area contributed by atoms with Gasteiger partial charge in [0.05, 0.1) is 7.11 Å². The summed E-state index contributed by atoms with van der Waals surface area (Å²) < 4.78 is 4.80. The summed E-state index contributed by atoms with van der Waals surface area (Å²) in [6.07, 6.45) is 4.78. The average Bonchev–Trinajstić information content (AvgIpc) is 3.06. The lowest BCUT2D eigenvalue weighted by atomic mass is 9.82. The average molecular weight is 358 g/mol. The molecule has 0 aromatic carbocycles. The fourth-order valence-electron chi connectivity index (χ4n) is 3.63. The molecule has 0 bridgehead atoms. The van der Waals surface area contributed by atoms with Crippen LogP contribution in [-0.4, -0.2) is 28.0 Å². The quantitative estimate of drug-likeness (QED) is 0.709. The van der Waals surface area contributed by atoms with Crippen molar-refractivity contribution >= 4 is 29.4 Å². The van der Waals surface area contributed by atoms with E-state index in [9.17, 15) is 4.79 Å². The summed E-state index contributed by atoms with van der Waals surface area (Å²) in [6, 6.07) is 7.93. The fourth-order valence-corrected chi connectivity index (χ4v) is 3.63. The molecular weight excluding hydrogens is 338 g/mol. The van der Waals surface area contributed by atoms with Gasteiger partial charge in [0.15, 0.2) is 0 Å². The first-order chi connectivity index (χ1) is 11.7. The van der Waals surface area contributed by atoms with Crippen molar-refractivity contribution in [1.29, 1.82) is 0 Å². The number of ether oxygens (including phenoxy) is 1. The van der Waals surface area contributed by atoms with E-state index in [-0.39, 0.29) is 18.4 Å². The van der Waals surface area contributed by atoms with Gasteiger partial charge in [-0.25, -0.2) is 9.78 Å². The molecule has 1 N–H and O–H groups in total. The number of nitrogens with one attached hydrogen (secondary N) is 1. The van der Waals surface area contributed by atoms with E-state index in [4.69, 9.17) is 9.72 Å². The second-order valence-corrected chi connectivity index (χ2v) is 6.29. The molecule has 1 aliphatic carbocycles. The van der Waals surface area contributed by atoms with Crippen LogP contribution in [0.2, 0.25) is 0 Å². The first-order valence-electron chi connectivity index (χ1n) is 8.17. The summed E-state index contributed by atoms with van der Waals surface area (Å²) in [5.41, 5.74) is 5.98. The first-order valence-corrected chi connectivity index (χ1v) is 8.17. The maximum Gasteiger partial charge on any atom is 0.354 e. The molecule has 0 saturated carbocycles. The van der Waals surface area contributed by atoms with Crippen molar-refractivity contribution in [1.82, 2.24) is 15.0 Å². The third kappa shape index (κ3) is 3.00. The highest BCUT2D eigenvalue weighted by Crippen LogP contribution is 2.35. The lowest BCUT2D eigenvalue weighted by Gasteiger charge is -2.25. The third-order valence-corrected chi connectivity index (χ3v) is 4.94. The van der Waals surface area contributed by atoms with Crippen molar-refractivity contribution in [3.05, 3.63) is 58.7 Å². The molecule has 4 rings (SSSR count). The van der Waals surface area contributed by atoms with Crippen LogP contribution >= 0.6 is 12.4 Å². The molecule has 1 unspecified atom stereocenters. The fraction of sp³-hybridized carbons (Fsp3) is 0.316. The summed E-state index contributed by atoms with van der Waals surface area (Å²) in [5.74, 6) is 0.0624. The maximum atomic E-state index is 11.8. The molecule has 5 nitrogen and oxygen atoms in total. The molecule has 1 aliphatic rings. The topological polar surface area (TPSA) is 67.9 Å². The zero-order valence-corrected chi connectivity index (χ0v) is 15.0. The number of hydrogen-bond acceptors (Lipinski definition) is 4. The maximum absolute atomic E-state index is 11.8. The first kappa shape index (κ1) is 17.4. The van der Waals surface area contributed by atoms with Gasteiger partial charge < -0.3 is 9.72 Å². The highest BCUT2D eigenvalue weighted by Gasteiger charge is 2.25. The Labute approximate surface area is 152 Å². The minimum absolute atomic E-state index is 0. The zero-order chi connectivity index (χ0) is 16.7. The number of halogens is 1. The van der Waals surface area contributed by atoms with E-state index in [0.29, 0.717) is 11.6 Å². The number of aromatic nitrogens is 3. The second kappa shape index (κ2) is 6.84. The molecule has 25 heavy (non-hydrogen) atoms. The number of esters is 1. The van der Waals surface area contributed by atoms with Crippen LogP contribution in [0, 0.1) is 6.92 Å². The summed E-state index contributed by atoms with van der Waals surface area (Å²) in [4.78, 5) is 24.1. The molecule has 0 fully saturated rings. The molecule has 0 saturated heterocycles. The van der Waals surface area contributed by atoms with Crippen LogP contribution in [0.4, 0.5) is 0 Å². The lowest BCUT2D eigenvalue weighted by molar-refractivity contribution is 0.0595. The van der Waals surface area contributed by atoms with Gasteiger partial charge in [-0.1, -0.05) is 6.07 Å². The molecule has 1 atom stereocenters.